The number of carboxylic acid groups (broad SMARTS) is 2. The predicted molar refractivity (Wildman–Crippen MR) is 347 cm³/mol. The number of nitrogens with zero attached hydrogens (tertiary/aromatic N) is 12. The summed E-state index contributed by atoms with van der Waals surface area (Å²) < 4.78 is 183. The molecule has 0 bridgehead atoms. The number of amides is 2. The Balaban J connectivity index is 0.887. The van der Waals surface area contributed by atoms with Gasteiger partial charge in [0.25, 0.3) is 62.4 Å². The molecule has 7 aromatic rings. The zero-order chi connectivity index (χ0) is 71.0. The average Bonchev–Trinajstić information content (AvgIpc) is 1.59. The highest BCUT2D eigenvalue weighted by atomic mass is 32.2. The first kappa shape index (κ1) is 70.0. The molecule has 1 saturated heterocycles. The van der Waals surface area contributed by atoms with Gasteiger partial charge in [-0.2, -0.15) is 97.7 Å². The third-order valence-electron chi connectivity index (χ3n) is 14.3. The number of nitrogens with one attached hydrogen (secondary N) is 2. The van der Waals surface area contributed by atoms with Crippen LogP contribution in [0.15, 0.2) is 170 Å². The number of azo groups is 2. The maximum Gasteiger partial charge on any atom is 0.338 e. The van der Waals surface area contributed by atoms with E-state index < -0.39 is 122 Å². The summed E-state index contributed by atoms with van der Waals surface area (Å²) in [6, 6.07) is 18.5. The average molecular weight is 1440 g/mol. The molecule has 0 saturated carbocycles. The second kappa shape index (κ2) is 27.3. The molecule has 98 heavy (non-hydrogen) atoms. The molecule has 2 atom stereocenters. The molecule has 41 heteroatoms. The van der Waals surface area contributed by atoms with Gasteiger partial charge in [-0.3, -0.25) is 32.4 Å². The highest BCUT2D eigenvalue weighted by Gasteiger charge is 2.38. The van der Waals surface area contributed by atoms with E-state index in [1.54, 1.807) is 4.90 Å². The molecule has 0 radical (unpaired) electrons. The number of carbonyl (C=O) groups is 4. The van der Waals surface area contributed by atoms with Gasteiger partial charge in [0.15, 0.2) is 12.1 Å². The molecule has 6 aromatic carbocycles. The van der Waals surface area contributed by atoms with Crippen molar-refractivity contribution < 1.29 is 99.0 Å². The van der Waals surface area contributed by atoms with Crippen molar-refractivity contribution in [3.05, 3.63) is 149 Å². The van der Waals surface area contributed by atoms with Crippen LogP contribution in [0.25, 0.3) is 24.3 Å². The lowest BCUT2D eigenvalue weighted by molar-refractivity contribution is -0.118. The van der Waals surface area contributed by atoms with Crippen LogP contribution in [0.4, 0.5) is 52.0 Å². The van der Waals surface area contributed by atoms with Gasteiger partial charge in [-0.1, -0.05) is 60.7 Å². The van der Waals surface area contributed by atoms with Crippen LogP contribution in [0, 0.1) is 0 Å². The van der Waals surface area contributed by atoms with E-state index in [0.717, 1.165) is 77.8 Å². The second-order valence-electron chi connectivity index (χ2n) is 20.9. The lowest BCUT2D eigenvalue weighted by Crippen LogP contribution is -2.37. The highest BCUT2D eigenvalue weighted by Crippen LogP contribution is 2.35. The van der Waals surface area contributed by atoms with Gasteiger partial charge in [-0.15, -0.1) is 0 Å². The molecule has 9 N–H and O–H groups in total. The molecular weight excluding hydrogens is 1390 g/mol. The SMILES string of the molecule is CC1=NN(c2ccc(C=Cc3ccc(Nc4nc(Nc5ccc(C=Cc6ccc(N7N=C(C)C(N=Nc8ccc(S(=O)(=O)O)cc8C(=O)O)C7=O)cc6S(=O)(=O)O)c(S(=O)(=O)O)c5)nc(N5CCOCC5)n4)cc3S(=O)(=O)O)c(S(=O)(=O)O)c2)C(=O)C1N=Nc1ccccc1C(=O)O. The largest absolute Gasteiger partial charge is 0.478 e. The van der Waals surface area contributed by atoms with E-state index in [1.165, 1.54) is 74.5 Å². The number of aromatic nitrogens is 3. The van der Waals surface area contributed by atoms with Gasteiger partial charge in [-0.25, -0.2) is 9.59 Å². The molecule has 2 amide bonds. The maximum atomic E-state index is 13.6. The summed E-state index contributed by atoms with van der Waals surface area (Å²) in [4.78, 5) is 61.8. The number of morpholine rings is 1. The molecule has 1 aromatic heterocycles. The quantitative estimate of drug-likeness (QED) is 0.0189. The van der Waals surface area contributed by atoms with Gasteiger partial charge in [0.05, 0.1) is 63.4 Å². The van der Waals surface area contributed by atoms with Crippen molar-refractivity contribution in [2.75, 3.05) is 51.9 Å². The molecule has 36 nitrogen and oxygen atoms in total. The fraction of sp³-hybridized carbons (Fsp3) is 0.140. The first-order chi connectivity index (χ1) is 46.0. The van der Waals surface area contributed by atoms with E-state index in [2.05, 4.69) is 56.2 Å². The first-order valence-corrected chi connectivity index (χ1v) is 34.9. The van der Waals surface area contributed by atoms with Crippen LogP contribution < -0.4 is 25.6 Å². The number of carboxylic acids is 2. The number of hydrogen-bond donors (Lipinski definition) is 9. The van der Waals surface area contributed by atoms with Crippen LogP contribution in [0.3, 0.4) is 0 Å². The monoisotopic (exact) mass is 1440 g/mol. The molecular formula is C57H48N14O22S5. The van der Waals surface area contributed by atoms with Gasteiger partial charge in [0, 0.05) is 24.5 Å². The van der Waals surface area contributed by atoms with Crippen LogP contribution in [0.2, 0.25) is 0 Å². The molecule has 0 aliphatic carbocycles. The minimum absolute atomic E-state index is 0.0147. The van der Waals surface area contributed by atoms with E-state index in [-0.39, 0.29) is 112 Å². The van der Waals surface area contributed by atoms with Crippen molar-refractivity contribution in [3.8, 4) is 0 Å². The van der Waals surface area contributed by atoms with E-state index >= 15 is 0 Å². The highest BCUT2D eigenvalue weighted by molar-refractivity contribution is 7.87. The van der Waals surface area contributed by atoms with Crippen molar-refractivity contribution in [2.45, 2.75) is 50.4 Å². The Hall–Kier alpha value is -10.9. The third kappa shape index (κ3) is 15.8. The number of benzene rings is 6. The summed E-state index contributed by atoms with van der Waals surface area (Å²) in [6.45, 7) is 3.76. The van der Waals surface area contributed by atoms with Gasteiger partial charge in [-0.05, 0) is 115 Å². The van der Waals surface area contributed by atoms with E-state index in [9.17, 15) is 94.2 Å². The smallest absolute Gasteiger partial charge is 0.338 e. The van der Waals surface area contributed by atoms with Crippen LogP contribution >= 0.6 is 0 Å². The molecule has 2 unspecified atom stereocenters. The van der Waals surface area contributed by atoms with Crippen molar-refractivity contribution >= 4 is 162 Å². The first-order valence-electron chi connectivity index (χ1n) is 27.7. The fourth-order valence-corrected chi connectivity index (χ4v) is 13.0. The van der Waals surface area contributed by atoms with Gasteiger partial charge in [0.2, 0.25) is 17.8 Å². The Labute approximate surface area is 554 Å². The van der Waals surface area contributed by atoms with Crippen LogP contribution in [0.1, 0.15) is 56.8 Å². The van der Waals surface area contributed by atoms with E-state index in [0.29, 0.717) is 11.1 Å². The lowest BCUT2D eigenvalue weighted by Gasteiger charge is -2.27. The summed E-state index contributed by atoms with van der Waals surface area (Å²) in [6.07, 6.45) is 4.32. The van der Waals surface area contributed by atoms with Crippen molar-refractivity contribution in [1.82, 2.24) is 15.0 Å². The number of anilines is 7. The van der Waals surface area contributed by atoms with Crippen molar-refractivity contribution in [1.29, 1.82) is 0 Å². The zero-order valence-electron chi connectivity index (χ0n) is 49.9. The van der Waals surface area contributed by atoms with Crippen LogP contribution in [-0.2, 0) is 64.9 Å². The molecule has 3 aliphatic heterocycles. The van der Waals surface area contributed by atoms with Crippen LogP contribution in [0.5, 0.6) is 0 Å². The summed E-state index contributed by atoms with van der Waals surface area (Å²) in [5, 5.41) is 50.1. The number of hydrogen-bond acceptors (Lipinski definition) is 27. The fourth-order valence-electron chi connectivity index (χ4n) is 9.64. The Morgan fingerprint density at radius 1 is 0.500 bits per heavy atom. The molecule has 10 rings (SSSR count). The predicted octanol–water partition coefficient (Wildman–Crippen LogP) is 6.92. The third-order valence-corrected chi connectivity index (χ3v) is 18.8. The Kier molecular flexibility index (Phi) is 19.5. The molecule has 4 heterocycles. The number of ether oxygens (including phenoxy) is 1. The standard InChI is InChI=1S/C57H48N14O22S5/c1-30-49(65-63-43-6-4-3-5-41(43)53(74)75)51(72)70(67-30)38-17-13-34(47(27-38)97(87,88)89)9-7-32-11-15-36(25-45(32)95(81,82)83)58-55-60-56(62-57(61-55)69-21-23-93-24-22-69)59-37-16-12-33(46(26-37)96(84,85)86)8-10-35-14-18-39(28-48(35)98(90,91)92)71-52(73)50(31(2)68-71)66-64-44-20-19-40(94(78,79)80)29-42(44)54(76)77/h3-20,25-29,49-50H,21-24H2,1-2H3,(H,74,75)(H,76,77)(H,78,79,80)(H,81,82,83)(H,84,85,86)(H,87,88,89)(H,90,91,92)(H2,58,59,60,61,62). The molecule has 508 valence electrons. The summed E-state index contributed by atoms with van der Waals surface area (Å²) in [5.41, 5.74) is -2.85. The van der Waals surface area contributed by atoms with Crippen LogP contribution in [-0.4, -0.2) is 164 Å². The molecule has 0 spiro atoms. The van der Waals surface area contributed by atoms with E-state index in [1.807, 2.05) is 0 Å². The molecule has 3 aliphatic rings. The van der Waals surface area contributed by atoms with E-state index in [4.69, 9.17) is 4.74 Å². The summed E-state index contributed by atoms with van der Waals surface area (Å²) in [7, 11) is -25.3. The number of carbonyl (C=O) groups excluding carboxylic acids is 2. The van der Waals surface area contributed by atoms with Gasteiger partial charge in [0.1, 0.15) is 19.6 Å². The van der Waals surface area contributed by atoms with Gasteiger partial charge < -0.3 is 30.5 Å². The minimum Gasteiger partial charge on any atom is -0.478 e. The summed E-state index contributed by atoms with van der Waals surface area (Å²) in [5.74, 6) is -5.24. The van der Waals surface area contributed by atoms with Crippen molar-refractivity contribution in [3.63, 3.8) is 0 Å². The number of hydrazone groups is 2. The lowest BCUT2D eigenvalue weighted by atomic mass is 10.1. The summed E-state index contributed by atoms with van der Waals surface area (Å²) >= 11 is 0. The Morgan fingerprint density at radius 3 is 1.31 bits per heavy atom. The maximum absolute atomic E-state index is 13.6. The molecule has 1 fully saturated rings. The number of aromatic carboxylic acids is 2. The Bertz CT molecular complexity index is 5320. The minimum atomic E-state index is -5.16. The second-order valence-corrected chi connectivity index (χ2v) is 27.9. The normalized spacial score (nSPS) is 16.6. The topological polar surface area (TPSA) is 536 Å². The van der Waals surface area contributed by atoms with Crippen molar-refractivity contribution in [2.24, 2.45) is 30.7 Å². The zero-order valence-corrected chi connectivity index (χ0v) is 54.0. The number of rotatable bonds is 22. The van der Waals surface area contributed by atoms with Gasteiger partial charge >= 0.3 is 11.9 Å². The Morgan fingerprint density at radius 2 is 0.898 bits per heavy atom.